The van der Waals surface area contributed by atoms with Crippen molar-refractivity contribution in [1.29, 1.82) is 0 Å². The van der Waals surface area contributed by atoms with Crippen LogP contribution in [0.25, 0.3) is 6.08 Å². The van der Waals surface area contributed by atoms with Crippen molar-refractivity contribution in [1.82, 2.24) is 4.90 Å². The molecule has 27 heavy (non-hydrogen) atoms. The molecule has 0 amide bonds. The van der Waals surface area contributed by atoms with E-state index in [1.165, 1.54) is 5.56 Å². The Labute approximate surface area is 168 Å². The van der Waals surface area contributed by atoms with E-state index in [4.69, 9.17) is 4.74 Å². The highest BCUT2D eigenvalue weighted by Crippen LogP contribution is 2.36. The van der Waals surface area contributed by atoms with Gasteiger partial charge in [0.05, 0.1) is 12.0 Å². The molecular weight excluding hydrogens is 358 g/mol. The molecule has 0 N–H and O–H groups in total. The minimum absolute atomic E-state index is 0. The van der Waals surface area contributed by atoms with Crippen LogP contribution < -0.4 is 0 Å². The summed E-state index contributed by atoms with van der Waals surface area (Å²) in [5.74, 6) is -0.0781. The first-order valence-corrected chi connectivity index (χ1v) is 9.41. The van der Waals surface area contributed by atoms with Gasteiger partial charge < -0.3 is 4.74 Å². The van der Waals surface area contributed by atoms with Gasteiger partial charge in [0.25, 0.3) is 0 Å². The molecule has 0 bridgehead atoms. The Kier molecular flexibility index (Phi) is 8.08. The third-order valence-electron chi connectivity index (χ3n) is 5.18. The second-order valence-electron chi connectivity index (χ2n) is 6.78. The van der Waals surface area contributed by atoms with Crippen LogP contribution in [-0.2, 0) is 14.9 Å². The van der Waals surface area contributed by atoms with E-state index >= 15 is 0 Å². The number of carbonyl (C=O) groups is 1. The number of hydrogen-bond donors (Lipinski definition) is 0. The van der Waals surface area contributed by atoms with Gasteiger partial charge in [-0.1, -0.05) is 72.8 Å². The molecule has 0 aliphatic carbocycles. The predicted octanol–water partition coefficient (Wildman–Crippen LogP) is 4.72. The molecule has 144 valence electrons. The summed E-state index contributed by atoms with van der Waals surface area (Å²) in [6.45, 7) is 5.00. The van der Waals surface area contributed by atoms with E-state index in [0.717, 1.165) is 38.0 Å². The molecule has 2 aromatic rings. The first-order chi connectivity index (χ1) is 12.7. The SMILES string of the molecule is CCOC(=O)C1(c2ccccc2)CCN(CC=Cc2ccccc2)CC1.Cl. The summed E-state index contributed by atoms with van der Waals surface area (Å²) in [6.07, 6.45) is 5.96. The monoisotopic (exact) mass is 385 g/mol. The zero-order chi connectivity index (χ0) is 18.2. The van der Waals surface area contributed by atoms with Gasteiger partial charge in [0.15, 0.2) is 0 Å². The number of rotatable bonds is 6. The first-order valence-electron chi connectivity index (χ1n) is 9.41. The van der Waals surface area contributed by atoms with E-state index in [0.29, 0.717) is 6.61 Å². The van der Waals surface area contributed by atoms with Crippen molar-refractivity contribution in [3.05, 3.63) is 77.9 Å². The molecule has 3 nitrogen and oxygen atoms in total. The minimum Gasteiger partial charge on any atom is -0.465 e. The van der Waals surface area contributed by atoms with Gasteiger partial charge in [-0.05, 0) is 44.0 Å². The maximum Gasteiger partial charge on any atom is 0.316 e. The lowest BCUT2D eigenvalue weighted by molar-refractivity contribution is -0.152. The molecule has 0 radical (unpaired) electrons. The summed E-state index contributed by atoms with van der Waals surface area (Å²) in [6, 6.07) is 20.5. The Hall–Kier alpha value is -2.10. The highest BCUT2D eigenvalue weighted by Gasteiger charge is 2.43. The van der Waals surface area contributed by atoms with E-state index in [2.05, 4.69) is 41.3 Å². The van der Waals surface area contributed by atoms with E-state index in [9.17, 15) is 4.79 Å². The van der Waals surface area contributed by atoms with Gasteiger partial charge >= 0.3 is 5.97 Å². The molecule has 1 heterocycles. The average Bonchev–Trinajstić information content (AvgIpc) is 2.70. The van der Waals surface area contributed by atoms with Gasteiger partial charge in [0.1, 0.15) is 0 Å². The van der Waals surface area contributed by atoms with Crippen molar-refractivity contribution in [2.24, 2.45) is 0 Å². The second kappa shape index (κ2) is 10.3. The van der Waals surface area contributed by atoms with Gasteiger partial charge in [-0.3, -0.25) is 9.69 Å². The van der Waals surface area contributed by atoms with Crippen molar-refractivity contribution in [2.45, 2.75) is 25.2 Å². The summed E-state index contributed by atoms with van der Waals surface area (Å²) in [4.78, 5) is 15.2. The summed E-state index contributed by atoms with van der Waals surface area (Å²) in [5, 5.41) is 0. The average molecular weight is 386 g/mol. The Balaban J connectivity index is 0.00000261. The highest BCUT2D eigenvalue weighted by molar-refractivity contribution is 5.85. The number of ether oxygens (including phenoxy) is 1. The number of esters is 1. The summed E-state index contributed by atoms with van der Waals surface area (Å²) in [7, 11) is 0. The third-order valence-corrected chi connectivity index (χ3v) is 5.18. The maximum atomic E-state index is 12.8. The van der Waals surface area contributed by atoms with Crippen molar-refractivity contribution in [3.63, 3.8) is 0 Å². The number of halogens is 1. The van der Waals surface area contributed by atoms with Crippen LogP contribution in [0.4, 0.5) is 0 Å². The van der Waals surface area contributed by atoms with Crippen LogP contribution in [0.3, 0.4) is 0 Å². The van der Waals surface area contributed by atoms with Gasteiger partial charge in [0.2, 0.25) is 0 Å². The number of benzene rings is 2. The fourth-order valence-corrected chi connectivity index (χ4v) is 3.66. The van der Waals surface area contributed by atoms with Crippen LogP contribution >= 0.6 is 12.4 Å². The maximum absolute atomic E-state index is 12.8. The Morgan fingerprint density at radius 1 is 1.04 bits per heavy atom. The van der Waals surface area contributed by atoms with Crippen molar-refractivity contribution >= 4 is 24.5 Å². The highest BCUT2D eigenvalue weighted by atomic mass is 35.5. The van der Waals surface area contributed by atoms with Gasteiger partial charge in [-0.15, -0.1) is 12.4 Å². The summed E-state index contributed by atoms with van der Waals surface area (Å²) >= 11 is 0. The largest absolute Gasteiger partial charge is 0.465 e. The molecule has 0 saturated carbocycles. The Bertz CT molecular complexity index is 723. The topological polar surface area (TPSA) is 29.5 Å². The molecule has 1 saturated heterocycles. The smallest absolute Gasteiger partial charge is 0.316 e. The minimum atomic E-state index is -0.503. The van der Waals surface area contributed by atoms with Crippen LogP contribution in [0.5, 0.6) is 0 Å². The number of piperidine rings is 1. The molecule has 3 rings (SSSR count). The van der Waals surface area contributed by atoms with Gasteiger partial charge in [-0.25, -0.2) is 0 Å². The summed E-state index contributed by atoms with van der Waals surface area (Å²) < 4.78 is 5.44. The lowest BCUT2D eigenvalue weighted by atomic mass is 9.72. The number of carbonyl (C=O) groups excluding carboxylic acids is 1. The second-order valence-corrected chi connectivity index (χ2v) is 6.78. The molecule has 2 aromatic carbocycles. The lowest BCUT2D eigenvalue weighted by Crippen LogP contribution is -2.48. The fraction of sp³-hybridized carbons (Fsp3) is 0.348. The quantitative estimate of drug-likeness (QED) is 0.674. The van der Waals surface area contributed by atoms with Gasteiger partial charge in [-0.2, -0.15) is 0 Å². The Morgan fingerprint density at radius 2 is 1.63 bits per heavy atom. The van der Waals surface area contributed by atoms with Gasteiger partial charge in [0, 0.05) is 6.54 Å². The molecular formula is C23H28ClNO2. The summed E-state index contributed by atoms with van der Waals surface area (Å²) in [5.41, 5.74) is 1.80. The first kappa shape index (κ1) is 21.2. The van der Waals surface area contributed by atoms with Crippen LogP contribution in [-0.4, -0.2) is 37.1 Å². The van der Waals surface area contributed by atoms with Crippen molar-refractivity contribution in [2.75, 3.05) is 26.2 Å². The van der Waals surface area contributed by atoms with E-state index in [1.54, 1.807) is 0 Å². The van der Waals surface area contributed by atoms with E-state index < -0.39 is 5.41 Å². The fourth-order valence-electron chi connectivity index (χ4n) is 3.66. The molecule has 1 fully saturated rings. The predicted molar refractivity (Wildman–Crippen MR) is 113 cm³/mol. The molecule has 0 unspecified atom stereocenters. The van der Waals surface area contributed by atoms with Crippen molar-refractivity contribution in [3.8, 4) is 0 Å². The number of hydrogen-bond acceptors (Lipinski definition) is 3. The standard InChI is InChI=1S/C23H27NO2.ClH/c1-2-26-22(25)23(21-13-7-4-8-14-21)15-18-24(19-16-23)17-9-12-20-10-5-3-6-11-20;/h3-14H,2,15-19H2,1H3;1H. The molecule has 1 aliphatic rings. The number of likely N-dealkylation sites (tertiary alicyclic amines) is 1. The van der Waals surface area contributed by atoms with Crippen LogP contribution in [0.1, 0.15) is 30.9 Å². The molecule has 1 aliphatic heterocycles. The molecule has 0 spiro atoms. The van der Waals surface area contributed by atoms with Crippen LogP contribution in [0.15, 0.2) is 66.7 Å². The Morgan fingerprint density at radius 3 is 2.22 bits per heavy atom. The normalized spacial score (nSPS) is 16.6. The van der Waals surface area contributed by atoms with E-state index in [-0.39, 0.29) is 18.4 Å². The van der Waals surface area contributed by atoms with Crippen LogP contribution in [0, 0.1) is 0 Å². The van der Waals surface area contributed by atoms with Crippen molar-refractivity contribution < 1.29 is 9.53 Å². The molecule has 0 aromatic heterocycles. The lowest BCUT2D eigenvalue weighted by Gasteiger charge is -2.40. The molecule has 0 atom stereocenters. The number of nitrogens with zero attached hydrogens (tertiary/aromatic N) is 1. The zero-order valence-electron chi connectivity index (χ0n) is 15.8. The van der Waals surface area contributed by atoms with E-state index in [1.807, 2.05) is 43.3 Å². The third kappa shape index (κ3) is 5.21. The van der Waals surface area contributed by atoms with Crippen LogP contribution in [0.2, 0.25) is 0 Å². The zero-order valence-corrected chi connectivity index (χ0v) is 16.7. The molecule has 4 heteroatoms.